The number of hydrogen-bond donors (Lipinski definition) is 2. The Morgan fingerprint density at radius 1 is 1.39 bits per heavy atom. The zero-order valence-electron chi connectivity index (χ0n) is 12.2. The third kappa shape index (κ3) is 6.36. The van der Waals surface area contributed by atoms with Crippen molar-refractivity contribution < 1.29 is 4.74 Å². The molecule has 0 unspecified atom stereocenters. The van der Waals surface area contributed by atoms with Gasteiger partial charge in [-0.1, -0.05) is 13.8 Å². The highest BCUT2D eigenvalue weighted by Gasteiger charge is 2.22. The van der Waals surface area contributed by atoms with Gasteiger partial charge in [0.15, 0.2) is 0 Å². The number of rotatable bonds is 10. The molecule has 1 aliphatic rings. The summed E-state index contributed by atoms with van der Waals surface area (Å²) in [5.74, 6) is 1.14. The Bertz CT molecular complexity index is 262. The summed E-state index contributed by atoms with van der Waals surface area (Å²) in [4.78, 5) is 2.29. The second-order valence-electron chi connectivity index (χ2n) is 6.22. The Hall–Kier alpha value is -0.610. The van der Waals surface area contributed by atoms with Gasteiger partial charge in [-0.05, 0) is 45.2 Å². The van der Waals surface area contributed by atoms with E-state index in [1.54, 1.807) is 0 Å². The Balaban J connectivity index is 1.98. The van der Waals surface area contributed by atoms with Crippen molar-refractivity contribution in [3.8, 4) is 0 Å². The molecule has 0 aliphatic heterocycles. The third-order valence-corrected chi connectivity index (χ3v) is 3.74. The van der Waals surface area contributed by atoms with Crippen LogP contribution in [0.3, 0.4) is 0 Å². The van der Waals surface area contributed by atoms with E-state index in [0.717, 1.165) is 45.1 Å². The van der Waals surface area contributed by atoms with E-state index in [1.807, 2.05) is 13.8 Å². The smallest absolute Gasteiger partial charge is 0.0963 e. The summed E-state index contributed by atoms with van der Waals surface area (Å²) >= 11 is 0. The lowest BCUT2D eigenvalue weighted by Crippen LogP contribution is -2.32. The SMILES string of the molecule is CN(CCCC(C)(C)C(=N)N)CCOCC1CC1. The van der Waals surface area contributed by atoms with Crippen LogP contribution >= 0.6 is 0 Å². The van der Waals surface area contributed by atoms with Gasteiger partial charge in [0.2, 0.25) is 0 Å². The fourth-order valence-electron chi connectivity index (χ4n) is 1.79. The highest BCUT2D eigenvalue weighted by atomic mass is 16.5. The van der Waals surface area contributed by atoms with Crippen molar-refractivity contribution in [2.45, 2.75) is 39.5 Å². The normalized spacial score (nSPS) is 16.2. The highest BCUT2D eigenvalue weighted by molar-refractivity contribution is 5.82. The van der Waals surface area contributed by atoms with Gasteiger partial charge in [0.05, 0.1) is 12.4 Å². The van der Waals surface area contributed by atoms with Gasteiger partial charge in [0.25, 0.3) is 0 Å². The molecule has 1 aliphatic carbocycles. The first-order valence-electron chi connectivity index (χ1n) is 7.02. The molecule has 4 heteroatoms. The van der Waals surface area contributed by atoms with Gasteiger partial charge >= 0.3 is 0 Å². The standard InChI is InChI=1S/C14H29N3O/c1-14(2,13(15)16)7-4-8-17(3)9-10-18-11-12-5-6-12/h12H,4-11H2,1-3H3,(H3,15,16). The highest BCUT2D eigenvalue weighted by Crippen LogP contribution is 2.28. The molecular weight excluding hydrogens is 226 g/mol. The number of likely N-dealkylation sites (N-methyl/N-ethyl adjacent to an activating group) is 1. The molecule has 0 aromatic heterocycles. The van der Waals surface area contributed by atoms with Gasteiger partial charge in [-0.2, -0.15) is 0 Å². The summed E-state index contributed by atoms with van der Waals surface area (Å²) in [6.45, 7) is 7.90. The van der Waals surface area contributed by atoms with E-state index in [0.29, 0.717) is 0 Å². The van der Waals surface area contributed by atoms with E-state index in [-0.39, 0.29) is 11.3 Å². The van der Waals surface area contributed by atoms with E-state index in [1.165, 1.54) is 12.8 Å². The molecule has 0 radical (unpaired) electrons. The summed E-state index contributed by atoms with van der Waals surface area (Å²) in [7, 11) is 2.13. The van der Waals surface area contributed by atoms with Crippen molar-refractivity contribution in [2.24, 2.45) is 17.1 Å². The molecule has 0 aromatic carbocycles. The predicted octanol–water partition coefficient (Wildman–Crippen LogP) is 2.09. The minimum atomic E-state index is -0.163. The first-order chi connectivity index (χ1) is 8.42. The van der Waals surface area contributed by atoms with E-state index in [2.05, 4.69) is 11.9 Å². The lowest BCUT2D eigenvalue weighted by Gasteiger charge is -2.24. The molecule has 1 rings (SSSR count). The van der Waals surface area contributed by atoms with Crippen LogP contribution in [0.2, 0.25) is 0 Å². The largest absolute Gasteiger partial charge is 0.387 e. The second-order valence-corrected chi connectivity index (χ2v) is 6.22. The van der Waals surface area contributed by atoms with E-state index in [9.17, 15) is 0 Å². The van der Waals surface area contributed by atoms with Gasteiger partial charge in [-0.25, -0.2) is 0 Å². The Kier molecular flexibility index (Phi) is 6.09. The summed E-state index contributed by atoms with van der Waals surface area (Å²) in [5.41, 5.74) is 5.41. The molecule has 0 heterocycles. The zero-order valence-corrected chi connectivity index (χ0v) is 12.2. The molecule has 0 bridgehead atoms. The van der Waals surface area contributed by atoms with Crippen molar-refractivity contribution in [1.82, 2.24) is 4.90 Å². The maximum Gasteiger partial charge on any atom is 0.0963 e. The summed E-state index contributed by atoms with van der Waals surface area (Å²) in [5, 5.41) is 7.51. The Morgan fingerprint density at radius 2 is 2.06 bits per heavy atom. The van der Waals surface area contributed by atoms with Crippen molar-refractivity contribution in [3.05, 3.63) is 0 Å². The topological polar surface area (TPSA) is 62.3 Å². The first-order valence-corrected chi connectivity index (χ1v) is 7.02. The Labute approximate surface area is 111 Å². The number of nitrogens with one attached hydrogen (secondary N) is 1. The van der Waals surface area contributed by atoms with Crippen molar-refractivity contribution in [2.75, 3.05) is 33.4 Å². The Morgan fingerprint density at radius 3 is 2.61 bits per heavy atom. The van der Waals surface area contributed by atoms with Gasteiger partial charge < -0.3 is 15.4 Å². The molecule has 0 spiro atoms. The summed E-state index contributed by atoms with van der Waals surface area (Å²) in [6, 6.07) is 0. The van der Waals surface area contributed by atoms with Crippen molar-refractivity contribution in [3.63, 3.8) is 0 Å². The van der Waals surface area contributed by atoms with Crippen LogP contribution < -0.4 is 5.73 Å². The van der Waals surface area contributed by atoms with E-state index < -0.39 is 0 Å². The summed E-state index contributed by atoms with van der Waals surface area (Å²) in [6.07, 6.45) is 4.76. The maximum atomic E-state index is 7.51. The molecule has 1 saturated carbocycles. The number of hydrogen-bond acceptors (Lipinski definition) is 3. The minimum Gasteiger partial charge on any atom is -0.387 e. The van der Waals surface area contributed by atoms with Crippen LogP contribution in [0.25, 0.3) is 0 Å². The van der Waals surface area contributed by atoms with Gasteiger partial charge in [-0.15, -0.1) is 0 Å². The number of nitrogens with zero attached hydrogens (tertiary/aromatic N) is 1. The van der Waals surface area contributed by atoms with Crippen LogP contribution in [0.4, 0.5) is 0 Å². The quantitative estimate of drug-likeness (QED) is 0.357. The van der Waals surface area contributed by atoms with Gasteiger partial charge in [0, 0.05) is 18.6 Å². The van der Waals surface area contributed by atoms with Gasteiger partial charge in [-0.3, -0.25) is 5.41 Å². The number of ether oxygens (including phenoxy) is 1. The van der Waals surface area contributed by atoms with Gasteiger partial charge in [0.1, 0.15) is 0 Å². The van der Waals surface area contributed by atoms with Crippen LogP contribution in [0.5, 0.6) is 0 Å². The fourth-order valence-corrected chi connectivity index (χ4v) is 1.79. The van der Waals surface area contributed by atoms with E-state index in [4.69, 9.17) is 15.9 Å². The third-order valence-electron chi connectivity index (χ3n) is 3.74. The minimum absolute atomic E-state index is 0.163. The van der Waals surface area contributed by atoms with Crippen LogP contribution in [0.1, 0.15) is 39.5 Å². The first kappa shape index (κ1) is 15.4. The molecule has 3 N–H and O–H groups in total. The second kappa shape index (κ2) is 7.10. The van der Waals surface area contributed by atoms with Crippen molar-refractivity contribution >= 4 is 5.84 Å². The average Bonchev–Trinajstić information content (AvgIpc) is 3.08. The van der Waals surface area contributed by atoms with Crippen LogP contribution in [0.15, 0.2) is 0 Å². The lowest BCUT2D eigenvalue weighted by molar-refractivity contribution is 0.102. The molecule has 4 nitrogen and oxygen atoms in total. The molecular formula is C14H29N3O. The van der Waals surface area contributed by atoms with Crippen LogP contribution in [-0.4, -0.2) is 44.1 Å². The molecule has 106 valence electrons. The zero-order chi connectivity index (χ0) is 13.6. The average molecular weight is 255 g/mol. The van der Waals surface area contributed by atoms with Crippen LogP contribution in [0, 0.1) is 16.7 Å². The van der Waals surface area contributed by atoms with Crippen LogP contribution in [-0.2, 0) is 4.74 Å². The lowest BCUT2D eigenvalue weighted by atomic mass is 9.86. The summed E-state index contributed by atoms with van der Waals surface area (Å²) < 4.78 is 5.62. The number of amidine groups is 1. The van der Waals surface area contributed by atoms with E-state index >= 15 is 0 Å². The molecule has 1 fully saturated rings. The monoisotopic (exact) mass is 255 g/mol. The molecule has 0 aromatic rings. The maximum absolute atomic E-state index is 7.51. The molecule has 18 heavy (non-hydrogen) atoms. The molecule has 0 atom stereocenters. The van der Waals surface area contributed by atoms with Crippen molar-refractivity contribution in [1.29, 1.82) is 5.41 Å². The predicted molar refractivity (Wildman–Crippen MR) is 76.0 cm³/mol. The molecule has 0 amide bonds. The number of nitrogens with two attached hydrogens (primary N) is 1. The fraction of sp³-hybridized carbons (Fsp3) is 0.929. The molecule has 0 saturated heterocycles.